The molecule has 0 aromatic carbocycles. The number of allylic oxidation sites excluding steroid dienone is 1. The van der Waals surface area contributed by atoms with Crippen LogP contribution in [0.1, 0.15) is 33.6 Å². The molecule has 3 atom stereocenters. The molecule has 0 bridgehead atoms. The molecule has 0 unspecified atom stereocenters. The fraction of sp³-hybridized carbons (Fsp3) is 0.812. The molecule has 0 saturated carbocycles. The van der Waals surface area contributed by atoms with E-state index < -0.39 is 6.29 Å². The van der Waals surface area contributed by atoms with Crippen molar-refractivity contribution in [2.75, 3.05) is 26.3 Å². The Balaban J connectivity index is 2.19. The Kier molecular flexibility index (Phi) is 5.65. The summed E-state index contributed by atoms with van der Waals surface area (Å²) in [6, 6.07) is 0. The third kappa shape index (κ3) is 3.98. The topological polar surface area (TPSA) is 58.8 Å². The Bertz CT molecular complexity index is 390. The van der Waals surface area contributed by atoms with Crippen LogP contribution in [0.4, 0.5) is 0 Å². The predicted molar refractivity (Wildman–Crippen MR) is 79.3 cm³/mol. The Labute approximate surface area is 126 Å². The van der Waals surface area contributed by atoms with Crippen molar-refractivity contribution >= 4 is 5.91 Å². The van der Waals surface area contributed by atoms with Gasteiger partial charge in [-0.05, 0) is 37.7 Å². The van der Waals surface area contributed by atoms with Crippen LogP contribution < -0.4 is 0 Å². The molecule has 2 rings (SSSR count). The molecule has 5 nitrogen and oxygen atoms in total. The summed E-state index contributed by atoms with van der Waals surface area (Å²) in [4.78, 5) is 14.0. The molecule has 0 aliphatic carbocycles. The van der Waals surface area contributed by atoms with Crippen molar-refractivity contribution in [3.63, 3.8) is 0 Å². The minimum Gasteiger partial charge on any atom is -0.459 e. The third-order valence-electron chi connectivity index (χ3n) is 4.17. The smallest absolute Gasteiger partial charge is 0.288 e. The molecule has 0 aromatic rings. The number of hydrogen-bond acceptors (Lipinski definition) is 4. The number of hydrogen-bond donors (Lipinski definition) is 1. The Morgan fingerprint density at radius 2 is 2.24 bits per heavy atom. The lowest BCUT2D eigenvalue weighted by Crippen LogP contribution is -2.40. The van der Waals surface area contributed by atoms with Crippen LogP contribution in [-0.2, 0) is 14.3 Å². The van der Waals surface area contributed by atoms with Crippen LogP contribution in [0.25, 0.3) is 0 Å². The van der Waals surface area contributed by atoms with E-state index in [2.05, 4.69) is 13.8 Å². The molecule has 2 aliphatic heterocycles. The standard InChI is InChI=1S/C16H27NO4/c1-4-20-16-12(6-5-9-18)13(11(2)3)10-14(21-16)15(19)17-7-8-17/h10-13,16,18H,4-9H2,1-3H3/t12-,13-,16-/m0/s1. The molecule has 21 heavy (non-hydrogen) atoms. The summed E-state index contributed by atoms with van der Waals surface area (Å²) in [7, 11) is 0. The molecule has 120 valence electrons. The number of carbonyl (C=O) groups is 1. The monoisotopic (exact) mass is 297 g/mol. The lowest BCUT2D eigenvalue weighted by Gasteiger charge is -2.38. The van der Waals surface area contributed by atoms with Crippen molar-refractivity contribution < 1.29 is 19.4 Å². The number of aliphatic hydroxyl groups excluding tert-OH is 1. The summed E-state index contributed by atoms with van der Waals surface area (Å²) < 4.78 is 11.6. The first kappa shape index (κ1) is 16.3. The lowest BCUT2D eigenvalue weighted by molar-refractivity contribution is -0.176. The highest BCUT2D eigenvalue weighted by Gasteiger charge is 2.40. The van der Waals surface area contributed by atoms with E-state index >= 15 is 0 Å². The van der Waals surface area contributed by atoms with E-state index in [-0.39, 0.29) is 24.3 Å². The first-order valence-corrected chi connectivity index (χ1v) is 7.98. The molecular formula is C16H27NO4. The fourth-order valence-electron chi connectivity index (χ4n) is 2.93. The second kappa shape index (κ2) is 7.27. The van der Waals surface area contributed by atoms with Crippen LogP contribution in [-0.4, -0.2) is 48.5 Å². The molecule has 1 amide bonds. The van der Waals surface area contributed by atoms with Crippen molar-refractivity contribution in [2.24, 2.45) is 17.8 Å². The number of amides is 1. The average Bonchev–Trinajstić information content (AvgIpc) is 3.29. The highest BCUT2D eigenvalue weighted by Crippen LogP contribution is 2.37. The summed E-state index contributed by atoms with van der Waals surface area (Å²) in [5, 5.41) is 9.10. The van der Waals surface area contributed by atoms with E-state index in [1.54, 1.807) is 4.90 Å². The van der Waals surface area contributed by atoms with Crippen LogP contribution in [0.2, 0.25) is 0 Å². The number of aliphatic hydroxyl groups is 1. The van der Waals surface area contributed by atoms with Crippen LogP contribution in [0, 0.1) is 17.8 Å². The zero-order valence-corrected chi connectivity index (χ0v) is 13.2. The van der Waals surface area contributed by atoms with E-state index in [9.17, 15) is 4.79 Å². The molecular weight excluding hydrogens is 270 g/mol. The van der Waals surface area contributed by atoms with Gasteiger partial charge < -0.3 is 19.5 Å². The summed E-state index contributed by atoms with van der Waals surface area (Å²) in [6.45, 7) is 8.60. The van der Waals surface area contributed by atoms with Crippen molar-refractivity contribution in [3.8, 4) is 0 Å². The Morgan fingerprint density at radius 1 is 1.52 bits per heavy atom. The van der Waals surface area contributed by atoms with E-state index in [1.165, 1.54) is 0 Å². The van der Waals surface area contributed by atoms with Gasteiger partial charge in [0.05, 0.1) is 0 Å². The van der Waals surface area contributed by atoms with Gasteiger partial charge in [-0.1, -0.05) is 13.8 Å². The maximum atomic E-state index is 12.2. The minimum absolute atomic E-state index is 0.0223. The molecule has 0 radical (unpaired) electrons. The SMILES string of the molecule is CCO[C@H]1OC(C(=O)N2CC2)=C[C@@H](C(C)C)[C@@H]1CCCO. The quantitative estimate of drug-likeness (QED) is 0.728. The van der Waals surface area contributed by atoms with Gasteiger partial charge in [-0.15, -0.1) is 0 Å². The normalized spacial score (nSPS) is 28.3. The van der Waals surface area contributed by atoms with Gasteiger partial charge in [0.1, 0.15) is 0 Å². The molecule has 2 heterocycles. The molecule has 1 saturated heterocycles. The second-order valence-electron chi connectivity index (χ2n) is 6.12. The molecule has 1 fully saturated rings. The number of ether oxygens (including phenoxy) is 2. The van der Waals surface area contributed by atoms with Gasteiger partial charge in [-0.2, -0.15) is 0 Å². The molecule has 5 heteroatoms. The van der Waals surface area contributed by atoms with Gasteiger partial charge in [0.25, 0.3) is 5.91 Å². The van der Waals surface area contributed by atoms with Gasteiger partial charge in [0.2, 0.25) is 6.29 Å². The van der Waals surface area contributed by atoms with Gasteiger partial charge in [-0.25, -0.2) is 0 Å². The van der Waals surface area contributed by atoms with Gasteiger partial charge >= 0.3 is 0 Å². The Morgan fingerprint density at radius 3 is 2.76 bits per heavy atom. The van der Waals surface area contributed by atoms with E-state index in [1.807, 2.05) is 13.0 Å². The van der Waals surface area contributed by atoms with Crippen LogP contribution >= 0.6 is 0 Å². The zero-order chi connectivity index (χ0) is 15.4. The summed E-state index contributed by atoms with van der Waals surface area (Å²) in [5.41, 5.74) is 0. The van der Waals surface area contributed by atoms with Gasteiger partial charge in [-0.3, -0.25) is 4.79 Å². The number of carbonyl (C=O) groups excluding carboxylic acids is 1. The van der Waals surface area contributed by atoms with E-state index in [0.717, 1.165) is 25.9 Å². The van der Waals surface area contributed by atoms with E-state index in [4.69, 9.17) is 14.6 Å². The Hall–Kier alpha value is -1.07. The lowest BCUT2D eigenvalue weighted by atomic mass is 9.78. The number of rotatable bonds is 7. The summed E-state index contributed by atoms with van der Waals surface area (Å²) >= 11 is 0. The molecule has 0 aromatic heterocycles. The maximum absolute atomic E-state index is 12.2. The van der Waals surface area contributed by atoms with E-state index in [0.29, 0.717) is 18.3 Å². The summed E-state index contributed by atoms with van der Waals surface area (Å²) in [5.74, 6) is 1.23. The summed E-state index contributed by atoms with van der Waals surface area (Å²) in [6.07, 6.45) is 3.15. The fourth-order valence-corrected chi connectivity index (χ4v) is 2.93. The minimum atomic E-state index is -0.391. The van der Waals surface area contributed by atoms with Crippen molar-refractivity contribution in [2.45, 2.75) is 39.9 Å². The molecule has 0 spiro atoms. The van der Waals surface area contributed by atoms with Crippen molar-refractivity contribution in [1.82, 2.24) is 4.90 Å². The first-order chi connectivity index (χ1) is 10.1. The van der Waals surface area contributed by atoms with Crippen LogP contribution in [0.5, 0.6) is 0 Å². The zero-order valence-electron chi connectivity index (χ0n) is 13.2. The van der Waals surface area contributed by atoms with Gasteiger partial charge in [0.15, 0.2) is 5.76 Å². The highest BCUT2D eigenvalue weighted by molar-refractivity contribution is 5.93. The molecule has 1 N–H and O–H groups in total. The molecule has 2 aliphatic rings. The van der Waals surface area contributed by atoms with Gasteiger partial charge in [0, 0.05) is 32.2 Å². The van der Waals surface area contributed by atoms with Crippen molar-refractivity contribution in [1.29, 1.82) is 0 Å². The van der Waals surface area contributed by atoms with Crippen LogP contribution in [0.15, 0.2) is 11.8 Å². The van der Waals surface area contributed by atoms with Crippen LogP contribution in [0.3, 0.4) is 0 Å². The number of nitrogens with zero attached hydrogens (tertiary/aromatic N) is 1. The third-order valence-corrected chi connectivity index (χ3v) is 4.17. The largest absolute Gasteiger partial charge is 0.459 e. The van der Waals surface area contributed by atoms with Crippen molar-refractivity contribution in [3.05, 3.63) is 11.8 Å². The first-order valence-electron chi connectivity index (χ1n) is 7.98. The predicted octanol–water partition coefficient (Wildman–Crippen LogP) is 1.77. The second-order valence-corrected chi connectivity index (χ2v) is 6.12. The maximum Gasteiger partial charge on any atom is 0.288 e. The average molecular weight is 297 g/mol. The highest BCUT2D eigenvalue weighted by atomic mass is 16.7.